The number of fused-ring (bicyclic) bond motifs is 1. The number of nitrogen functional groups attached to an aromatic ring is 1. The van der Waals surface area contributed by atoms with Gasteiger partial charge in [0.2, 0.25) is 10.0 Å². The Morgan fingerprint density at radius 2 is 2.13 bits per heavy atom. The first-order chi connectivity index (χ1) is 18.2. The first-order valence-electron chi connectivity index (χ1n) is 12.5. The van der Waals surface area contributed by atoms with Gasteiger partial charge in [-0.05, 0) is 62.2 Å². The maximum absolute atomic E-state index is 15.2. The molecule has 38 heavy (non-hydrogen) atoms. The summed E-state index contributed by atoms with van der Waals surface area (Å²) in [6.07, 6.45) is 1.22. The second-order valence-corrected chi connectivity index (χ2v) is 11.7. The molecular formula is C25H30FN7O4S. The molecule has 0 saturated carbocycles. The smallest absolute Gasteiger partial charge is 0.261 e. The molecule has 5 rings (SSSR count). The molecule has 0 amide bonds. The minimum absolute atomic E-state index is 0.000153. The van der Waals surface area contributed by atoms with Crippen LogP contribution in [-0.2, 0) is 21.3 Å². The number of aromatic nitrogens is 1. The highest BCUT2D eigenvalue weighted by atomic mass is 32.2. The molecule has 0 radical (unpaired) electrons. The summed E-state index contributed by atoms with van der Waals surface area (Å²) < 4.78 is 48.5. The molecule has 202 valence electrons. The molecule has 2 atom stereocenters. The number of hydrogen-bond acceptors (Lipinski definition) is 8. The predicted octanol–water partition coefficient (Wildman–Crippen LogP) is 1.48. The van der Waals surface area contributed by atoms with Crippen LogP contribution in [0.3, 0.4) is 0 Å². The molecule has 5 N–H and O–H groups in total. The van der Waals surface area contributed by atoms with Crippen LogP contribution in [0.4, 0.5) is 15.8 Å². The van der Waals surface area contributed by atoms with E-state index in [1.165, 1.54) is 18.3 Å². The minimum Gasteiger partial charge on any atom is -0.398 e. The lowest BCUT2D eigenvalue weighted by Gasteiger charge is -2.35. The summed E-state index contributed by atoms with van der Waals surface area (Å²) in [5.74, 6) is 0.000153. The van der Waals surface area contributed by atoms with E-state index in [1.54, 1.807) is 16.4 Å². The molecule has 11 nitrogen and oxygen atoms in total. The third kappa shape index (κ3) is 4.80. The fourth-order valence-electron chi connectivity index (χ4n) is 5.32. The Hall–Kier alpha value is -3.31. The standard InChI is InChI=1S/C25H30FN7O4S/c26-21-15-37-12-7-25(21,6-8-27)32-23(22-19(28)5-11-30-24(22)34)31-17-1-2-20-16(13-17)14-33(38(20,35)36)18-3-9-29-10-4-18/h1-2,5,11,13,18,21,29H,3-4,6-7,9-10,12,14-15H2,(H,31,32)(H3,28,30,34)/t21-,25+/m1/s1. The van der Waals surface area contributed by atoms with Gasteiger partial charge in [0.1, 0.15) is 23.1 Å². The number of nitrogens with two attached hydrogens (primary N) is 1. The minimum atomic E-state index is -3.63. The molecule has 13 heteroatoms. The number of pyridine rings is 1. The maximum Gasteiger partial charge on any atom is 0.261 e. The Morgan fingerprint density at radius 3 is 2.84 bits per heavy atom. The van der Waals surface area contributed by atoms with E-state index >= 15 is 4.39 Å². The Labute approximate surface area is 219 Å². The maximum atomic E-state index is 15.2. The number of sulfonamides is 1. The fraction of sp³-hybridized carbons (Fsp3) is 0.480. The van der Waals surface area contributed by atoms with E-state index in [-0.39, 0.29) is 60.6 Å². The lowest BCUT2D eigenvalue weighted by atomic mass is 9.86. The van der Waals surface area contributed by atoms with E-state index in [9.17, 15) is 18.5 Å². The van der Waals surface area contributed by atoms with Crippen LogP contribution in [0.25, 0.3) is 0 Å². The van der Waals surface area contributed by atoms with E-state index in [0.29, 0.717) is 11.3 Å². The van der Waals surface area contributed by atoms with Crippen molar-refractivity contribution in [1.29, 1.82) is 5.26 Å². The molecule has 1 aromatic carbocycles. The van der Waals surface area contributed by atoms with Crippen LogP contribution in [0.15, 0.2) is 45.1 Å². The second-order valence-electron chi connectivity index (χ2n) is 9.81. The van der Waals surface area contributed by atoms with Crippen molar-refractivity contribution >= 4 is 27.2 Å². The second kappa shape index (κ2) is 10.5. The molecule has 1 aromatic heterocycles. The largest absolute Gasteiger partial charge is 0.398 e. The quantitative estimate of drug-likeness (QED) is 0.325. The Morgan fingerprint density at radius 1 is 1.34 bits per heavy atom. The predicted molar refractivity (Wildman–Crippen MR) is 140 cm³/mol. The van der Waals surface area contributed by atoms with Gasteiger partial charge in [-0.1, -0.05) is 0 Å². The normalized spacial score (nSPS) is 26.0. The number of alkyl halides is 1. The van der Waals surface area contributed by atoms with Crippen molar-refractivity contribution < 1.29 is 17.5 Å². The molecule has 3 aliphatic rings. The summed E-state index contributed by atoms with van der Waals surface area (Å²) in [5.41, 5.74) is 5.38. The Balaban J connectivity index is 1.54. The van der Waals surface area contributed by atoms with Crippen molar-refractivity contribution in [3.05, 3.63) is 51.9 Å². The summed E-state index contributed by atoms with van der Waals surface area (Å²) in [4.78, 5) is 20.3. The third-order valence-corrected chi connectivity index (χ3v) is 9.43. The van der Waals surface area contributed by atoms with Gasteiger partial charge in [-0.15, -0.1) is 0 Å². The van der Waals surface area contributed by atoms with Crippen molar-refractivity contribution in [2.45, 2.75) is 54.9 Å². The zero-order chi connectivity index (χ0) is 26.9. The van der Waals surface area contributed by atoms with Gasteiger partial charge in [0.25, 0.3) is 5.56 Å². The van der Waals surface area contributed by atoms with Crippen LogP contribution in [0.2, 0.25) is 0 Å². The number of piperidine rings is 1. The molecule has 3 aliphatic heterocycles. The number of ether oxygens (including phenoxy) is 1. The average molecular weight is 544 g/mol. The lowest BCUT2D eigenvalue weighted by molar-refractivity contribution is -0.0130. The van der Waals surface area contributed by atoms with Crippen molar-refractivity contribution in [3.8, 4) is 6.07 Å². The Kier molecular flexibility index (Phi) is 7.23. The number of nitrogens with one attached hydrogen (secondary N) is 3. The first kappa shape index (κ1) is 26.3. The lowest BCUT2D eigenvalue weighted by Crippen LogP contribution is -2.47. The van der Waals surface area contributed by atoms with Crippen molar-refractivity contribution in [1.82, 2.24) is 14.6 Å². The van der Waals surface area contributed by atoms with Crippen molar-refractivity contribution in [3.63, 3.8) is 0 Å². The molecule has 2 aromatic rings. The molecular weight excluding hydrogens is 513 g/mol. The van der Waals surface area contributed by atoms with Crippen molar-refractivity contribution in [2.75, 3.05) is 37.4 Å². The highest BCUT2D eigenvalue weighted by Gasteiger charge is 2.43. The Bertz CT molecular complexity index is 1450. The number of aromatic amines is 1. The number of halogens is 1. The number of nitriles is 1. The summed E-state index contributed by atoms with van der Waals surface area (Å²) >= 11 is 0. The van der Waals surface area contributed by atoms with E-state index in [4.69, 9.17) is 10.5 Å². The molecule has 2 fully saturated rings. The molecule has 4 heterocycles. The number of rotatable bonds is 5. The first-order valence-corrected chi connectivity index (χ1v) is 14.0. The van der Waals surface area contributed by atoms with E-state index in [1.807, 2.05) is 6.07 Å². The van der Waals surface area contributed by atoms with Crippen LogP contribution >= 0.6 is 0 Å². The molecule has 0 bridgehead atoms. The third-order valence-electron chi connectivity index (χ3n) is 7.43. The number of aliphatic imine (C=N–C) groups is 1. The summed E-state index contributed by atoms with van der Waals surface area (Å²) in [6.45, 7) is 1.75. The number of hydrogen-bond donors (Lipinski definition) is 4. The number of H-pyrrole nitrogens is 1. The zero-order valence-corrected chi connectivity index (χ0v) is 21.6. The van der Waals surface area contributed by atoms with Gasteiger partial charge < -0.3 is 26.1 Å². The van der Waals surface area contributed by atoms with Gasteiger partial charge in [-0.2, -0.15) is 9.57 Å². The average Bonchev–Trinajstić information content (AvgIpc) is 3.16. The fourth-order valence-corrected chi connectivity index (χ4v) is 7.18. The van der Waals surface area contributed by atoms with Gasteiger partial charge >= 0.3 is 0 Å². The zero-order valence-electron chi connectivity index (χ0n) is 20.7. The highest BCUT2D eigenvalue weighted by molar-refractivity contribution is 7.89. The van der Waals surface area contributed by atoms with Gasteiger partial charge in [0, 0.05) is 36.8 Å². The van der Waals surface area contributed by atoms with E-state index in [2.05, 4.69) is 20.6 Å². The summed E-state index contributed by atoms with van der Waals surface area (Å²) in [7, 11) is -3.63. The SMILES string of the molecule is N#CC[C@]1(N=C(Nc2ccc3c(c2)CN(C2CCNCC2)S3(=O)=O)c2c(N)cc[nH]c2=O)CCOC[C@H]1F. The van der Waals surface area contributed by atoms with Crippen LogP contribution in [0, 0.1) is 11.3 Å². The molecule has 0 aliphatic carbocycles. The summed E-state index contributed by atoms with van der Waals surface area (Å²) in [5, 5.41) is 15.8. The van der Waals surface area contributed by atoms with Crippen molar-refractivity contribution in [2.24, 2.45) is 4.99 Å². The van der Waals surface area contributed by atoms with Gasteiger partial charge in [-0.25, -0.2) is 12.8 Å². The van der Waals surface area contributed by atoms with Crippen LogP contribution in [0.1, 0.15) is 36.8 Å². The van der Waals surface area contributed by atoms with E-state index < -0.39 is 27.3 Å². The van der Waals surface area contributed by atoms with Gasteiger partial charge in [0.05, 0.1) is 24.0 Å². The molecule has 0 unspecified atom stereocenters. The number of nitrogens with zero attached hydrogens (tertiary/aromatic N) is 3. The van der Waals surface area contributed by atoms with Gasteiger partial charge in [-0.3, -0.25) is 9.79 Å². The molecule has 2 saturated heterocycles. The van der Waals surface area contributed by atoms with Crippen LogP contribution < -0.4 is 21.9 Å². The molecule has 0 spiro atoms. The van der Waals surface area contributed by atoms with Crippen LogP contribution in [0.5, 0.6) is 0 Å². The number of benzene rings is 1. The van der Waals surface area contributed by atoms with Crippen LogP contribution in [-0.4, -0.2) is 67.6 Å². The topological polar surface area (TPSA) is 166 Å². The summed E-state index contributed by atoms with van der Waals surface area (Å²) in [6, 6.07) is 8.24. The number of anilines is 2. The number of amidine groups is 1. The highest BCUT2D eigenvalue weighted by Crippen LogP contribution is 2.36. The van der Waals surface area contributed by atoms with E-state index in [0.717, 1.165) is 25.9 Å². The van der Waals surface area contributed by atoms with Gasteiger partial charge in [0.15, 0.2) is 0 Å². The monoisotopic (exact) mass is 543 g/mol.